The third-order valence-corrected chi connectivity index (χ3v) is 4.59. The molecule has 0 unspecified atom stereocenters. The molecule has 3 N–H and O–H groups in total. The van der Waals surface area contributed by atoms with Crippen molar-refractivity contribution in [3.05, 3.63) is 35.9 Å². The van der Waals surface area contributed by atoms with Crippen molar-refractivity contribution in [3.8, 4) is 0 Å². The molecule has 4 nitrogen and oxygen atoms in total. The maximum atomic E-state index is 11.9. The number of benzene rings is 1. The first-order valence-electron chi connectivity index (χ1n) is 7.07. The Labute approximate surface area is 124 Å². The Morgan fingerprint density at radius 2 is 2.20 bits per heavy atom. The lowest BCUT2D eigenvalue weighted by atomic mass is 10.1. The number of amides is 2. The molecule has 0 bridgehead atoms. The second-order valence-corrected chi connectivity index (χ2v) is 6.25. The average Bonchev–Trinajstić information content (AvgIpc) is 2.48. The fraction of sp³-hybridized carbons (Fsp3) is 0.533. The number of nitrogens with one attached hydrogen (secondary N) is 2. The largest absolute Gasteiger partial charge is 0.394 e. The van der Waals surface area contributed by atoms with Crippen LogP contribution in [0.4, 0.5) is 4.79 Å². The molecule has 0 spiro atoms. The Morgan fingerprint density at radius 1 is 1.40 bits per heavy atom. The highest BCUT2D eigenvalue weighted by Gasteiger charge is 2.18. The summed E-state index contributed by atoms with van der Waals surface area (Å²) in [7, 11) is 0. The van der Waals surface area contributed by atoms with E-state index in [-0.39, 0.29) is 24.7 Å². The maximum absolute atomic E-state index is 11.9. The Kier molecular flexibility index (Phi) is 6.21. The molecule has 0 aromatic heterocycles. The molecule has 1 heterocycles. The summed E-state index contributed by atoms with van der Waals surface area (Å²) in [6, 6.07) is 9.72. The number of carbonyl (C=O) groups is 1. The number of carbonyl (C=O) groups excluding carboxylic acids is 1. The monoisotopic (exact) mass is 294 g/mol. The standard InChI is InChI=1S/C15H22N2O2S/c18-10-14(9-12-5-2-1-3-6-12)17-15(19)16-13-7-4-8-20-11-13/h1-3,5-6,13-14,18H,4,7-11H2,(H2,16,17,19)/t13-,14-/m0/s1. The van der Waals surface area contributed by atoms with Crippen molar-refractivity contribution >= 4 is 17.8 Å². The van der Waals surface area contributed by atoms with E-state index in [9.17, 15) is 9.90 Å². The smallest absolute Gasteiger partial charge is 0.315 e. The summed E-state index contributed by atoms with van der Waals surface area (Å²) >= 11 is 1.88. The van der Waals surface area contributed by atoms with Gasteiger partial charge >= 0.3 is 6.03 Å². The second kappa shape index (κ2) is 8.17. The molecule has 1 aliphatic rings. The maximum Gasteiger partial charge on any atom is 0.315 e. The number of thioether (sulfide) groups is 1. The Bertz CT molecular complexity index is 408. The van der Waals surface area contributed by atoms with Gasteiger partial charge in [0.1, 0.15) is 0 Å². The Hall–Kier alpha value is -1.20. The molecule has 110 valence electrons. The zero-order valence-electron chi connectivity index (χ0n) is 11.5. The lowest BCUT2D eigenvalue weighted by Gasteiger charge is -2.24. The first-order valence-corrected chi connectivity index (χ1v) is 8.23. The summed E-state index contributed by atoms with van der Waals surface area (Å²) in [5.74, 6) is 2.17. The summed E-state index contributed by atoms with van der Waals surface area (Å²) in [6.07, 6.45) is 2.84. The molecule has 2 rings (SSSR count). The fourth-order valence-corrected chi connectivity index (χ4v) is 3.40. The van der Waals surface area contributed by atoms with Crippen LogP contribution in [0.1, 0.15) is 18.4 Å². The van der Waals surface area contributed by atoms with Gasteiger partial charge in [-0.2, -0.15) is 11.8 Å². The van der Waals surface area contributed by atoms with Gasteiger partial charge in [-0.25, -0.2) is 4.79 Å². The summed E-state index contributed by atoms with van der Waals surface area (Å²) in [5.41, 5.74) is 1.11. The van der Waals surface area contributed by atoms with Crippen molar-refractivity contribution in [1.82, 2.24) is 10.6 Å². The number of urea groups is 1. The topological polar surface area (TPSA) is 61.4 Å². The van der Waals surface area contributed by atoms with Crippen LogP contribution in [0.5, 0.6) is 0 Å². The summed E-state index contributed by atoms with van der Waals surface area (Å²) < 4.78 is 0. The van der Waals surface area contributed by atoms with Gasteiger partial charge in [0.25, 0.3) is 0 Å². The molecule has 1 aliphatic heterocycles. The van der Waals surface area contributed by atoms with Crippen molar-refractivity contribution in [1.29, 1.82) is 0 Å². The fourth-order valence-electron chi connectivity index (χ4n) is 2.33. The van der Waals surface area contributed by atoms with Crippen LogP contribution < -0.4 is 10.6 Å². The van der Waals surface area contributed by atoms with Gasteiger partial charge in [-0.15, -0.1) is 0 Å². The van der Waals surface area contributed by atoms with Crippen LogP contribution in [-0.2, 0) is 6.42 Å². The minimum Gasteiger partial charge on any atom is -0.394 e. The minimum atomic E-state index is -0.242. The third kappa shape index (κ3) is 5.06. The highest BCUT2D eigenvalue weighted by molar-refractivity contribution is 7.99. The quantitative estimate of drug-likeness (QED) is 0.776. The van der Waals surface area contributed by atoms with Crippen LogP contribution in [0.2, 0.25) is 0 Å². The Balaban J connectivity index is 1.78. The van der Waals surface area contributed by atoms with E-state index in [1.165, 1.54) is 5.75 Å². The van der Waals surface area contributed by atoms with E-state index in [0.29, 0.717) is 6.42 Å². The lowest BCUT2D eigenvalue weighted by Crippen LogP contribution is -2.49. The molecular formula is C15H22N2O2S. The van der Waals surface area contributed by atoms with Crippen LogP contribution in [0.25, 0.3) is 0 Å². The molecule has 1 fully saturated rings. The molecule has 1 aromatic rings. The minimum absolute atomic E-state index is 0.0538. The van der Waals surface area contributed by atoms with Crippen LogP contribution in [-0.4, -0.2) is 41.3 Å². The van der Waals surface area contributed by atoms with E-state index in [0.717, 1.165) is 24.2 Å². The predicted molar refractivity (Wildman–Crippen MR) is 83.0 cm³/mol. The van der Waals surface area contributed by atoms with Gasteiger partial charge in [0, 0.05) is 11.8 Å². The van der Waals surface area contributed by atoms with Crippen LogP contribution >= 0.6 is 11.8 Å². The first kappa shape index (κ1) is 15.2. The van der Waals surface area contributed by atoms with E-state index in [1.54, 1.807) is 0 Å². The molecular weight excluding hydrogens is 272 g/mol. The Morgan fingerprint density at radius 3 is 2.85 bits per heavy atom. The van der Waals surface area contributed by atoms with Gasteiger partial charge in [-0.05, 0) is 30.6 Å². The van der Waals surface area contributed by atoms with Crippen LogP contribution in [0, 0.1) is 0 Å². The van der Waals surface area contributed by atoms with Gasteiger partial charge < -0.3 is 15.7 Å². The predicted octanol–water partition coefficient (Wildman–Crippen LogP) is 1.78. The zero-order valence-corrected chi connectivity index (χ0v) is 12.4. The van der Waals surface area contributed by atoms with Gasteiger partial charge in [0.15, 0.2) is 0 Å². The third-order valence-electron chi connectivity index (χ3n) is 3.38. The first-order chi connectivity index (χ1) is 9.78. The second-order valence-electron chi connectivity index (χ2n) is 5.10. The molecule has 2 amide bonds. The molecule has 2 atom stereocenters. The number of hydrogen-bond acceptors (Lipinski definition) is 3. The van der Waals surface area contributed by atoms with Crippen molar-refractivity contribution in [2.45, 2.75) is 31.3 Å². The highest BCUT2D eigenvalue weighted by Crippen LogP contribution is 2.16. The summed E-state index contributed by atoms with van der Waals surface area (Å²) in [4.78, 5) is 11.9. The van der Waals surface area contributed by atoms with Gasteiger partial charge in [0.2, 0.25) is 0 Å². The molecule has 20 heavy (non-hydrogen) atoms. The van der Waals surface area contributed by atoms with Crippen molar-refractivity contribution < 1.29 is 9.90 Å². The number of hydrogen-bond donors (Lipinski definition) is 3. The average molecular weight is 294 g/mol. The molecule has 0 saturated carbocycles. The van der Waals surface area contributed by atoms with E-state index in [2.05, 4.69) is 10.6 Å². The normalized spacial score (nSPS) is 20.1. The SMILES string of the molecule is O=C(N[C@H](CO)Cc1ccccc1)N[C@H]1CCCSC1. The van der Waals surface area contributed by atoms with E-state index in [1.807, 2.05) is 42.1 Å². The number of aliphatic hydroxyl groups is 1. The number of rotatable bonds is 5. The molecule has 1 saturated heterocycles. The van der Waals surface area contributed by atoms with Crippen molar-refractivity contribution in [2.75, 3.05) is 18.1 Å². The van der Waals surface area contributed by atoms with Gasteiger partial charge in [-0.3, -0.25) is 0 Å². The molecule has 0 radical (unpaired) electrons. The van der Waals surface area contributed by atoms with Crippen LogP contribution in [0.3, 0.4) is 0 Å². The van der Waals surface area contributed by atoms with Gasteiger partial charge in [0.05, 0.1) is 12.6 Å². The summed E-state index contributed by atoms with van der Waals surface area (Å²) in [6.45, 7) is -0.0538. The van der Waals surface area contributed by atoms with E-state index in [4.69, 9.17) is 0 Å². The molecule has 0 aliphatic carbocycles. The van der Waals surface area contributed by atoms with Gasteiger partial charge in [-0.1, -0.05) is 30.3 Å². The van der Waals surface area contributed by atoms with Crippen molar-refractivity contribution in [2.24, 2.45) is 0 Å². The van der Waals surface area contributed by atoms with Crippen molar-refractivity contribution in [3.63, 3.8) is 0 Å². The highest BCUT2D eigenvalue weighted by atomic mass is 32.2. The lowest BCUT2D eigenvalue weighted by molar-refractivity contribution is 0.213. The number of aliphatic hydroxyl groups excluding tert-OH is 1. The van der Waals surface area contributed by atoms with Crippen LogP contribution in [0.15, 0.2) is 30.3 Å². The van der Waals surface area contributed by atoms with E-state index >= 15 is 0 Å². The molecule has 1 aromatic carbocycles. The van der Waals surface area contributed by atoms with E-state index < -0.39 is 0 Å². The summed E-state index contributed by atoms with van der Waals surface area (Å²) in [5, 5.41) is 15.2. The molecule has 5 heteroatoms. The zero-order chi connectivity index (χ0) is 14.2.